The number of hydrogen-bond acceptors (Lipinski definition) is 5. The Bertz CT molecular complexity index is 836. The summed E-state index contributed by atoms with van der Waals surface area (Å²) in [5.74, 6) is 0.679. The molecule has 0 aliphatic carbocycles. The maximum absolute atomic E-state index is 12.2. The average molecular weight is 613 g/mol. The van der Waals surface area contributed by atoms with Crippen molar-refractivity contribution < 1.29 is 33.4 Å². The first kappa shape index (κ1) is 38.8. The van der Waals surface area contributed by atoms with Gasteiger partial charge in [0.05, 0.1) is 26.8 Å². The van der Waals surface area contributed by atoms with Gasteiger partial charge in [0.15, 0.2) is 0 Å². The number of hydrogen-bond donors (Lipinski definition) is 2. The Labute approximate surface area is 257 Å². The lowest BCUT2D eigenvalue weighted by Gasteiger charge is -2.20. The molecule has 0 spiro atoms. The van der Waals surface area contributed by atoms with Crippen LogP contribution in [0.15, 0.2) is 24.3 Å². The van der Waals surface area contributed by atoms with Crippen LogP contribution in [0.1, 0.15) is 135 Å². The van der Waals surface area contributed by atoms with Crippen molar-refractivity contribution in [3.63, 3.8) is 0 Å². The molecule has 0 radical (unpaired) electrons. The zero-order valence-corrected chi connectivity index (χ0v) is 28.1. The molecule has 0 aliphatic rings. The van der Waals surface area contributed by atoms with Crippen LogP contribution in [0, 0.1) is 5.92 Å². The van der Waals surface area contributed by atoms with E-state index in [0.717, 1.165) is 17.7 Å². The van der Waals surface area contributed by atoms with Gasteiger partial charge in [0.1, 0.15) is 18.1 Å². The van der Waals surface area contributed by atoms with Gasteiger partial charge in [0.25, 0.3) is 0 Å². The van der Waals surface area contributed by atoms with Crippen LogP contribution in [0.5, 0.6) is 5.75 Å². The first-order valence-corrected chi connectivity index (χ1v) is 18.5. The Hall–Kier alpha value is -1.24. The predicted molar refractivity (Wildman–Crippen MR) is 173 cm³/mol. The second-order valence-electron chi connectivity index (χ2n) is 11.7. The Morgan fingerprint density at radius 3 is 1.90 bits per heavy atom. The lowest BCUT2D eigenvalue weighted by Crippen LogP contribution is -2.80. The van der Waals surface area contributed by atoms with Crippen LogP contribution in [0.4, 0.5) is 0 Å². The summed E-state index contributed by atoms with van der Waals surface area (Å²) in [6.45, 7) is 5.44. The summed E-state index contributed by atoms with van der Waals surface area (Å²) in [5.41, 5.74) is 0.987. The molecule has 0 saturated carbocycles. The third-order valence-electron chi connectivity index (χ3n) is 7.78. The number of phosphoric acid groups is 1. The number of para-hydroxylation sites is 1. The van der Waals surface area contributed by atoms with Crippen LogP contribution in [0.3, 0.4) is 0 Å². The lowest BCUT2D eigenvalue weighted by molar-refractivity contribution is -0.627. The molecule has 8 heteroatoms. The molecular formula is C34H63NO6P+. The molecule has 1 aromatic rings. The predicted octanol–water partition coefficient (Wildman–Crippen LogP) is 8.18. The van der Waals surface area contributed by atoms with E-state index in [-0.39, 0.29) is 31.3 Å². The topological polar surface area (TPSA) is 98.7 Å². The van der Waals surface area contributed by atoms with E-state index in [2.05, 4.69) is 6.92 Å². The van der Waals surface area contributed by atoms with Gasteiger partial charge in [0, 0.05) is 12.8 Å². The number of phosphoric ester groups is 1. The van der Waals surface area contributed by atoms with Crippen LogP contribution >= 0.6 is 7.82 Å². The fourth-order valence-electron chi connectivity index (χ4n) is 5.14. The summed E-state index contributed by atoms with van der Waals surface area (Å²) in [4.78, 5) is 22.2. The number of likely N-dealkylation sites (N-methyl/N-ethyl adjacent to an activating group) is 1. The Kier molecular flexibility index (Phi) is 24.2. The Balaban J connectivity index is 2.28. The maximum atomic E-state index is 12.2. The van der Waals surface area contributed by atoms with Gasteiger partial charge in [0.2, 0.25) is 0 Å². The van der Waals surface area contributed by atoms with Gasteiger partial charge in [-0.15, -0.1) is 0 Å². The van der Waals surface area contributed by atoms with Crippen molar-refractivity contribution >= 4 is 13.6 Å². The van der Waals surface area contributed by atoms with E-state index < -0.39 is 7.82 Å². The van der Waals surface area contributed by atoms with Gasteiger partial charge in [-0.25, -0.2) is 4.57 Å². The zero-order valence-electron chi connectivity index (χ0n) is 27.2. The van der Waals surface area contributed by atoms with E-state index in [1.165, 1.54) is 96.3 Å². The number of carbonyl (C=O) groups is 1. The minimum Gasteiger partial charge on any atom is -0.493 e. The number of carbonyl (C=O) groups excluding carboxylic acids is 1. The number of unbranched alkanes of at least 4 members (excludes halogenated alkanes) is 15. The van der Waals surface area contributed by atoms with Gasteiger partial charge in [-0.05, 0) is 30.4 Å². The number of nitrogens with two attached hydrogens (primary N) is 1. The second kappa shape index (κ2) is 26.2. The SMILES string of the molecule is CCCCCCCCCCCCCCCCCCOc1ccccc1CC(COP(=O)(O)OCC[NH2+]C)CC(=O)CC. The molecule has 244 valence electrons. The number of quaternary nitrogens is 1. The Morgan fingerprint density at radius 2 is 1.36 bits per heavy atom. The highest BCUT2D eigenvalue weighted by molar-refractivity contribution is 7.47. The molecule has 0 amide bonds. The van der Waals surface area contributed by atoms with Crippen LogP contribution in [0.2, 0.25) is 0 Å². The van der Waals surface area contributed by atoms with Gasteiger partial charge in [-0.2, -0.15) is 0 Å². The third kappa shape index (κ3) is 21.4. The summed E-state index contributed by atoms with van der Waals surface area (Å²) in [6, 6.07) is 7.87. The highest BCUT2D eigenvalue weighted by Crippen LogP contribution is 2.43. The zero-order chi connectivity index (χ0) is 30.7. The molecule has 0 heterocycles. The smallest absolute Gasteiger partial charge is 0.472 e. The Morgan fingerprint density at radius 1 is 0.810 bits per heavy atom. The highest BCUT2D eigenvalue weighted by Gasteiger charge is 2.25. The maximum Gasteiger partial charge on any atom is 0.472 e. The van der Waals surface area contributed by atoms with E-state index in [1.54, 1.807) is 0 Å². The van der Waals surface area contributed by atoms with Crippen molar-refractivity contribution in [1.29, 1.82) is 0 Å². The van der Waals surface area contributed by atoms with Gasteiger partial charge >= 0.3 is 7.82 Å². The number of benzene rings is 1. The molecule has 0 saturated heterocycles. The normalized spacial score (nSPS) is 13.6. The molecule has 0 fully saturated rings. The molecule has 0 bridgehead atoms. The molecule has 3 N–H and O–H groups in total. The van der Waals surface area contributed by atoms with Crippen LogP contribution in [-0.4, -0.2) is 44.1 Å². The van der Waals surface area contributed by atoms with E-state index in [0.29, 0.717) is 26.0 Å². The van der Waals surface area contributed by atoms with Crippen molar-refractivity contribution in [1.82, 2.24) is 0 Å². The third-order valence-corrected chi connectivity index (χ3v) is 8.77. The standard InChI is InChI=1S/C34H62NO6P/c1-4-6-7-8-9-10-11-12-13-14-15-16-17-18-19-22-26-39-34-24-21-20-23-32(34)28-31(29-33(36)5-2)30-41-42(37,38)40-27-25-35-3/h20-21,23-24,31,35H,4-19,22,25-30H2,1-3H3,(H,37,38)/p+1. The summed E-state index contributed by atoms with van der Waals surface area (Å²) < 4.78 is 28.7. The number of ether oxygens (including phenoxy) is 1. The minimum atomic E-state index is -4.16. The first-order valence-electron chi connectivity index (χ1n) is 17.0. The molecule has 0 aromatic heterocycles. The van der Waals surface area contributed by atoms with E-state index in [1.807, 2.05) is 43.6 Å². The fourth-order valence-corrected chi connectivity index (χ4v) is 5.95. The summed E-state index contributed by atoms with van der Waals surface area (Å²) in [5, 5.41) is 1.86. The molecule has 1 rings (SSSR count). The van der Waals surface area contributed by atoms with Crippen molar-refractivity contribution in [3.8, 4) is 5.75 Å². The van der Waals surface area contributed by atoms with Gasteiger partial charge < -0.3 is 14.9 Å². The van der Waals surface area contributed by atoms with Crippen molar-refractivity contribution in [2.45, 2.75) is 136 Å². The van der Waals surface area contributed by atoms with Crippen molar-refractivity contribution in [3.05, 3.63) is 29.8 Å². The van der Waals surface area contributed by atoms with Crippen molar-refractivity contribution in [2.24, 2.45) is 5.92 Å². The van der Waals surface area contributed by atoms with Crippen LogP contribution in [0.25, 0.3) is 0 Å². The quantitative estimate of drug-likeness (QED) is 0.0672. The van der Waals surface area contributed by atoms with E-state index in [9.17, 15) is 14.3 Å². The largest absolute Gasteiger partial charge is 0.493 e. The van der Waals surface area contributed by atoms with Crippen LogP contribution in [-0.2, 0) is 24.8 Å². The lowest BCUT2D eigenvalue weighted by atomic mass is 9.94. The summed E-state index contributed by atoms with van der Waals surface area (Å²) in [7, 11) is -2.30. The fraction of sp³-hybridized carbons (Fsp3) is 0.794. The molecule has 1 aromatic carbocycles. The molecule has 0 aliphatic heterocycles. The summed E-state index contributed by atoms with van der Waals surface area (Å²) >= 11 is 0. The van der Waals surface area contributed by atoms with Gasteiger partial charge in [-0.3, -0.25) is 13.8 Å². The molecular weight excluding hydrogens is 549 g/mol. The molecule has 7 nitrogen and oxygen atoms in total. The molecule has 42 heavy (non-hydrogen) atoms. The monoisotopic (exact) mass is 612 g/mol. The summed E-state index contributed by atoms with van der Waals surface area (Å²) in [6.07, 6.45) is 22.7. The van der Waals surface area contributed by atoms with Crippen molar-refractivity contribution in [2.75, 3.05) is 33.4 Å². The van der Waals surface area contributed by atoms with Crippen LogP contribution < -0.4 is 10.1 Å². The van der Waals surface area contributed by atoms with Gasteiger partial charge in [-0.1, -0.05) is 128 Å². The number of rotatable bonds is 30. The average Bonchev–Trinajstić information content (AvgIpc) is 2.98. The molecule has 2 atom stereocenters. The molecule has 2 unspecified atom stereocenters. The number of ketones is 1. The highest BCUT2D eigenvalue weighted by atomic mass is 31.2. The first-order chi connectivity index (χ1) is 20.4. The van der Waals surface area contributed by atoms with E-state index >= 15 is 0 Å². The second-order valence-corrected chi connectivity index (χ2v) is 13.2. The van der Waals surface area contributed by atoms with E-state index in [4.69, 9.17) is 13.8 Å². The number of Topliss-reactive ketones (excluding diaryl/α,β-unsaturated/α-hetero) is 1. The minimum absolute atomic E-state index is 0.0250.